The van der Waals surface area contributed by atoms with Crippen LogP contribution in [0.1, 0.15) is 41.5 Å². The van der Waals surface area contributed by atoms with E-state index in [1.165, 1.54) is 0 Å². The molecule has 1 aromatic carbocycles. The van der Waals surface area contributed by atoms with Crippen LogP contribution in [0.25, 0.3) is 0 Å². The minimum Gasteiger partial charge on any atom is -0.288 e. The van der Waals surface area contributed by atoms with Gasteiger partial charge in [-0.15, -0.1) is 0 Å². The van der Waals surface area contributed by atoms with Gasteiger partial charge in [0.15, 0.2) is 0 Å². The Labute approximate surface area is 102 Å². The van der Waals surface area contributed by atoms with Gasteiger partial charge in [0.1, 0.15) is 0 Å². The standard InChI is InChI=1S/C12H13NO3S/c1-12(2,3)17(16)8-6-4-5-7-9(8)11(15)13-10(7)14/h4-6H,1-3H3,(H,13,14,15)/t17-/m1/s1. The average molecular weight is 251 g/mol. The Bertz CT molecular complexity index is 543. The SMILES string of the molecule is CC(C)(C)[S@](=O)c1cccc2c1C(=O)NC2=O. The lowest BCUT2D eigenvalue weighted by Crippen LogP contribution is -2.24. The topological polar surface area (TPSA) is 63.2 Å². The first-order valence-electron chi connectivity index (χ1n) is 5.23. The molecule has 0 aliphatic carbocycles. The summed E-state index contributed by atoms with van der Waals surface area (Å²) in [6.07, 6.45) is 0. The zero-order valence-electron chi connectivity index (χ0n) is 9.87. The number of hydrogen-bond acceptors (Lipinski definition) is 3. The van der Waals surface area contributed by atoms with Crippen LogP contribution in [0.3, 0.4) is 0 Å². The summed E-state index contributed by atoms with van der Waals surface area (Å²) in [6.45, 7) is 5.49. The highest BCUT2D eigenvalue weighted by Crippen LogP contribution is 2.28. The van der Waals surface area contributed by atoms with Crippen molar-refractivity contribution in [3.8, 4) is 0 Å². The van der Waals surface area contributed by atoms with Crippen LogP contribution in [-0.4, -0.2) is 20.8 Å². The second kappa shape index (κ2) is 3.77. The van der Waals surface area contributed by atoms with E-state index in [9.17, 15) is 13.8 Å². The molecule has 1 aliphatic heterocycles. The van der Waals surface area contributed by atoms with Crippen LogP contribution in [0, 0.1) is 0 Å². The smallest absolute Gasteiger partial charge is 0.260 e. The summed E-state index contributed by atoms with van der Waals surface area (Å²) in [5.41, 5.74) is 0.566. The van der Waals surface area contributed by atoms with Crippen LogP contribution in [-0.2, 0) is 10.8 Å². The van der Waals surface area contributed by atoms with Crippen molar-refractivity contribution in [3.05, 3.63) is 29.3 Å². The van der Waals surface area contributed by atoms with Gasteiger partial charge in [-0.05, 0) is 32.9 Å². The van der Waals surface area contributed by atoms with Gasteiger partial charge in [-0.3, -0.25) is 19.1 Å². The predicted octanol–water partition coefficient (Wildman–Crippen LogP) is 1.48. The van der Waals surface area contributed by atoms with E-state index in [1.54, 1.807) is 18.2 Å². The highest BCUT2D eigenvalue weighted by molar-refractivity contribution is 7.86. The van der Waals surface area contributed by atoms with Crippen molar-refractivity contribution in [2.75, 3.05) is 0 Å². The summed E-state index contributed by atoms with van der Waals surface area (Å²) in [5, 5.41) is 2.22. The van der Waals surface area contributed by atoms with Crippen LogP contribution in [0.4, 0.5) is 0 Å². The molecular formula is C12H13NO3S. The van der Waals surface area contributed by atoms with Crippen molar-refractivity contribution in [1.82, 2.24) is 5.32 Å². The summed E-state index contributed by atoms with van der Waals surface area (Å²) < 4.78 is 11.8. The Hall–Kier alpha value is -1.49. The molecule has 90 valence electrons. The lowest BCUT2D eigenvalue weighted by molar-refractivity contribution is 0.0878. The largest absolute Gasteiger partial charge is 0.288 e. The molecule has 0 radical (unpaired) electrons. The maximum atomic E-state index is 12.3. The lowest BCUT2D eigenvalue weighted by atomic mass is 10.1. The summed E-state index contributed by atoms with van der Waals surface area (Å²) in [4.78, 5) is 23.6. The van der Waals surface area contributed by atoms with E-state index in [2.05, 4.69) is 5.32 Å². The summed E-state index contributed by atoms with van der Waals surface area (Å²) in [6, 6.07) is 4.85. The van der Waals surface area contributed by atoms with Crippen molar-refractivity contribution in [1.29, 1.82) is 0 Å². The Morgan fingerprint density at radius 3 is 2.35 bits per heavy atom. The third kappa shape index (κ3) is 1.91. The molecule has 0 saturated carbocycles. The normalized spacial score (nSPS) is 16.6. The number of fused-ring (bicyclic) bond motifs is 1. The molecule has 0 aromatic heterocycles. The molecule has 0 fully saturated rings. The Balaban J connectivity index is 2.63. The molecule has 4 nitrogen and oxygen atoms in total. The second-order valence-electron chi connectivity index (χ2n) is 4.84. The van der Waals surface area contributed by atoms with E-state index in [4.69, 9.17) is 0 Å². The molecule has 0 saturated heterocycles. The van der Waals surface area contributed by atoms with E-state index in [1.807, 2.05) is 20.8 Å². The predicted molar refractivity (Wildman–Crippen MR) is 64.4 cm³/mol. The zero-order chi connectivity index (χ0) is 12.8. The van der Waals surface area contributed by atoms with Crippen LogP contribution in [0.15, 0.2) is 23.1 Å². The van der Waals surface area contributed by atoms with Gasteiger partial charge in [-0.2, -0.15) is 0 Å². The zero-order valence-corrected chi connectivity index (χ0v) is 10.7. The third-order valence-corrected chi connectivity index (χ3v) is 4.33. The molecular weight excluding hydrogens is 238 g/mol. The number of amides is 2. The van der Waals surface area contributed by atoms with Gasteiger partial charge in [-0.25, -0.2) is 0 Å². The van der Waals surface area contributed by atoms with E-state index in [-0.39, 0.29) is 5.56 Å². The molecule has 1 aromatic rings. The summed E-state index contributed by atoms with van der Waals surface area (Å²) in [7, 11) is -1.33. The molecule has 1 aliphatic rings. The minimum atomic E-state index is -1.33. The number of hydrogen-bond donors (Lipinski definition) is 1. The number of imide groups is 1. The van der Waals surface area contributed by atoms with Gasteiger partial charge in [0, 0.05) is 4.75 Å². The maximum absolute atomic E-state index is 12.3. The van der Waals surface area contributed by atoms with Crippen LogP contribution >= 0.6 is 0 Å². The first-order chi connectivity index (χ1) is 7.82. The van der Waals surface area contributed by atoms with E-state index in [0.717, 1.165) is 0 Å². The van der Waals surface area contributed by atoms with E-state index < -0.39 is 27.4 Å². The number of carbonyl (C=O) groups excluding carboxylic acids is 2. The third-order valence-electron chi connectivity index (χ3n) is 2.48. The van der Waals surface area contributed by atoms with Crippen LogP contribution in [0.5, 0.6) is 0 Å². The van der Waals surface area contributed by atoms with Gasteiger partial charge in [0.2, 0.25) is 0 Å². The number of nitrogens with one attached hydrogen (secondary N) is 1. The first-order valence-corrected chi connectivity index (χ1v) is 6.38. The molecule has 1 N–H and O–H groups in total. The van der Waals surface area contributed by atoms with Gasteiger partial charge < -0.3 is 0 Å². The van der Waals surface area contributed by atoms with Crippen molar-refractivity contribution in [3.63, 3.8) is 0 Å². The Morgan fingerprint density at radius 2 is 1.76 bits per heavy atom. The van der Waals surface area contributed by atoms with Gasteiger partial charge in [0.25, 0.3) is 11.8 Å². The summed E-state index contributed by atoms with van der Waals surface area (Å²) in [5.74, 6) is -0.879. The van der Waals surface area contributed by atoms with Gasteiger partial charge in [-0.1, -0.05) is 6.07 Å². The van der Waals surface area contributed by atoms with E-state index in [0.29, 0.717) is 10.5 Å². The monoisotopic (exact) mass is 251 g/mol. The van der Waals surface area contributed by atoms with Gasteiger partial charge in [0.05, 0.1) is 26.8 Å². The van der Waals surface area contributed by atoms with Crippen LogP contribution in [0.2, 0.25) is 0 Å². The first kappa shape index (κ1) is 12.0. The molecule has 0 unspecified atom stereocenters. The minimum absolute atomic E-state index is 0.255. The van der Waals surface area contributed by atoms with E-state index >= 15 is 0 Å². The Kier molecular flexibility index (Phi) is 2.66. The molecule has 0 spiro atoms. The highest BCUT2D eigenvalue weighted by atomic mass is 32.2. The maximum Gasteiger partial charge on any atom is 0.260 e. The molecule has 17 heavy (non-hydrogen) atoms. The number of rotatable bonds is 1. The lowest BCUT2D eigenvalue weighted by Gasteiger charge is -2.18. The number of benzene rings is 1. The molecule has 2 rings (SSSR count). The highest BCUT2D eigenvalue weighted by Gasteiger charge is 2.33. The van der Waals surface area contributed by atoms with Crippen molar-refractivity contribution >= 4 is 22.6 Å². The average Bonchev–Trinajstić information content (AvgIpc) is 2.53. The molecule has 2 amide bonds. The fraction of sp³-hybridized carbons (Fsp3) is 0.333. The molecule has 0 bridgehead atoms. The molecule has 1 atom stereocenters. The second-order valence-corrected chi connectivity index (χ2v) is 7.05. The molecule has 5 heteroatoms. The fourth-order valence-electron chi connectivity index (χ4n) is 1.67. The Morgan fingerprint density at radius 1 is 1.12 bits per heavy atom. The van der Waals surface area contributed by atoms with Crippen LogP contribution < -0.4 is 5.32 Å². The number of carbonyl (C=O) groups is 2. The summed E-state index contributed by atoms with van der Waals surface area (Å²) >= 11 is 0. The van der Waals surface area contributed by atoms with Crippen molar-refractivity contribution in [2.24, 2.45) is 0 Å². The van der Waals surface area contributed by atoms with Crippen molar-refractivity contribution in [2.45, 2.75) is 30.4 Å². The fourth-order valence-corrected chi connectivity index (χ4v) is 2.92. The van der Waals surface area contributed by atoms with Gasteiger partial charge >= 0.3 is 0 Å². The van der Waals surface area contributed by atoms with Crippen molar-refractivity contribution < 1.29 is 13.8 Å². The quantitative estimate of drug-likeness (QED) is 0.769. The molecule has 1 heterocycles.